The molecule has 118 valence electrons. The Morgan fingerprint density at radius 1 is 1.17 bits per heavy atom. The number of carbonyl (C=O) groups is 1. The molecule has 0 unspecified atom stereocenters. The van der Waals surface area contributed by atoms with Crippen molar-refractivity contribution in [1.29, 1.82) is 0 Å². The Morgan fingerprint density at radius 3 is 2.61 bits per heavy atom. The molecular formula is C16H12O7. The summed E-state index contributed by atoms with van der Waals surface area (Å²) >= 11 is 0. The highest BCUT2D eigenvalue weighted by Crippen LogP contribution is 2.32. The molecule has 0 saturated heterocycles. The van der Waals surface area contributed by atoms with Crippen LogP contribution >= 0.6 is 0 Å². The fourth-order valence-electron chi connectivity index (χ4n) is 2.36. The van der Waals surface area contributed by atoms with E-state index in [4.69, 9.17) is 8.83 Å². The molecule has 3 aromatic rings. The van der Waals surface area contributed by atoms with Gasteiger partial charge in [0, 0.05) is 12.1 Å². The summed E-state index contributed by atoms with van der Waals surface area (Å²) in [5.74, 6) is -1.03. The molecule has 7 heteroatoms. The van der Waals surface area contributed by atoms with Crippen LogP contribution in [0, 0.1) is 6.92 Å². The fourth-order valence-corrected chi connectivity index (χ4v) is 2.36. The summed E-state index contributed by atoms with van der Waals surface area (Å²) in [6.07, 6.45) is 0. The Hall–Kier alpha value is -3.22. The molecule has 0 amide bonds. The number of aryl methyl sites for hydroxylation is 1. The van der Waals surface area contributed by atoms with Gasteiger partial charge in [0.2, 0.25) is 11.2 Å². The number of phenols is 2. The Balaban J connectivity index is 2.28. The second kappa shape index (κ2) is 5.20. The number of benzene rings is 1. The van der Waals surface area contributed by atoms with E-state index >= 15 is 0 Å². The van der Waals surface area contributed by atoms with Crippen molar-refractivity contribution in [3.63, 3.8) is 0 Å². The van der Waals surface area contributed by atoms with Crippen LogP contribution in [-0.4, -0.2) is 23.3 Å². The lowest BCUT2D eigenvalue weighted by atomic mass is 10.1. The van der Waals surface area contributed by atoms with Crippen LogP contribution in [0.5, 0.6) is 11.5 Å². The van der Waals surface area contributed by atoms with E-state index in [1.165, 1.54) is 32.2 Å². The Kier molecular flexibility index (Phi) is 3.33. The zero-order chi connectivity index (χ0) is 16.7. The second-order valence-corrected chi connectivity index (χ2v) is 4.86. The van der Waals surface area contributed by atoms with E-state index < -0.39 is 17.1 Å². The molecule has 0 radical (unpaired) electrons. The average Bonchev–Trinajstić information content (AvgIpc) is 2.94. The third-order valence-electron chi connectivity index (χ3n) is 3.37. The molecule has 2 N–H and O–H groups in total. The van der Waals surface area contributed by atoms with E-state index in [2.05, 4.69) is 4.74 Å². The second-order valence-electron chi connectivity index (χ2n) is 4.86. The Morgan fingerprint density at radius 2 is 1.91 bits per heavy atom. The first kappa shape index (κ1) is 14.7. The number of furan rings is 1. The molecule has 0 fully saturated rings. The van der Waals surface area contributed by atoms with Crippen LogP contribution in [0.1, 0.15) is 16.3 Å². The van der Waals surface area contributed by atoms with Crippen LogP contribution in [0.4, 0.5) is 0 Å². The van der Waals surface area contributed by atoms with Gasteiger partial charge in [-0.3, -0.25) is 4.79 Å². The van der Waals surface area contributed by atoms with Crippen molar-refractivity contribution in [2.45, 2.75) is 6.92 Å². The summed E-state index contributed by atoms with van der Waals surface area (Å²) in [5.41, 5.74) is -0.408. The molecule has 0 bridgehead atoms. The maximum Gasteiger partial charge on any atom is 0.373 e. The maximum absolute atomic E-state index is 12.7. The van der Waals surface area contributed by atoms with Gasteiger partial charge in [0.15, 0.2) is 0 Å². The minimum atomic E-state index is -0.674. The first-order valence-electron chi connectivity index (χ1n) is 6.60. The summed E-state index contributed by atoms with van der Waals surface area (Å²) < 4.78 is 15.4. The third-order valence-corrected chi connectivity index (χ3v) is 3.37. The highest BCUT2D eigenvalue weighted by molar-refractivity contribution is 5.89. The van der Waals surface area contributed by atoms with Crippen LogP contribution in [0.15, 0.2) is 37.9 Å². The van der Waals surface area contributed by atoms with Crippen molar-refractivity contribution in [2.75, 3.05) is 7.11 Å². The lowest BCUT2D eigenvalue weighted by Crippen LogP contribution is -2.07. The fraction of sp³-hybridized carbons (Fsp3) is 0.125. The molecule has 0 aliphatic heterocycles. The molecule has 0 spiro atoms. The lowest BCUT2D eigenvalue weighted by molar-refractivity contribution is 0.0566. The molecule has 0 aliphatic rings. The van der Waals surface area contributed by atoms with Gasteiger partial charge < -0.3 is 23.8 Å². The minimum Gasteiger partial charge on any atom is -0.508 e. The molecular weight excluding hydrogens is 304 g/mol. The number of ether oxygens (including phenoxy) is 1. The first-order chi connectivity index (χ1) is 10.9. The van der Waals surface area contributed by atoms with Gasteiger partial charge in [-0.25, -0.2) is 4.79 Å². The topological polar surface area (TPSA) is 110 Å². The minimum absolute atomic E-state index is 0.0495. The summed E-state index contributed by atoms with van der Waals surface area (Å²) in [7, 11) is 1.21. The predicted octanol–water partition coefficient (Wildman–Crippen LogP) is 2.56. The number of carbonyl (C=O) groups excluding carboxylic acids is 1. The molecule has 23 heavy (non-hydrogen) atoms. The van der Waals surface area contributed by atoms with Crippen molar-refractivity contribution in [3.05, 3.63) is 46.0 Å². The zero-order valence-corrected chi connectivity index (χ0v) is 12.2. The maximum atomic E-state index is 12.7. The monoisotopic (exact) mass is 316 g/mol. The van der Waals surface area contributed by atoms with E-state index in [1.807, 2.05) is 0 Å². The zero-order valence-electron chi connectivity index (χ0n) is 12.2. The van der Waals surface area contributed by atoms with Gasteiger partial charge in [0.05, 0.1) is 7.11 Å². The molecule has 0 atom stereocenters. The van der Waals surface area contributed by atoms with E-state index in [1.54, 1.807) is 0 Å². The van der Waals surface area contributed by atoms with Gasteiger partial charge in [-0.15, -0.1) is 0 Å². The molecule has 7 nitrogen and oxygen atoms in total. The van der Waals surface area contributed by atoms with E-state index in [0.29, 0.717) is 0 Å². The summed E-state index contributed by atoms with van der Waals surface area (Å²) in [5, 5.41) is 19.3. The van der Waals surface area contributed by atoms with Gasteiger partial charge in [-0.1, -0.05) is 0 Å². The van der Waals surface area contributed by atoms with Crippen LogP contribution in [0.3, 0.4) is 0 Å². The smallest absolute Gasteiger partial charge is 0.373 e. The average molecular weight is 316 g/mol. The normalized spacial score (nSPS) is 10.9. The molecule has 0 saturated carbocycles. The standard InChI is InChI=1S/C16H12O7/c1-7-13(10-3-4-11(23-10)16(20)21-2)15(19)14-9(18)5-8(17)6-12(14)22-7/h3-6,17-18H,1-2H3. The number of methoxy groups -OCH3 is 1. The number of rotatable bonds is 2. The lowest BCUT2D eigenvalue weighted by Gasteiger charge is -2.06. The van der Waals surface area contributed by atoms with E-state index in [0.717, 1.165) is 6.07 Å². The number of esters is 1. The van der Waals surface area contributed by atoms with Gasteiger partial charge in [0.25, 0.3) is 0 Å². The highest BCUT2D eigenvalue weighted by Gasteiger charge is 2.21. The Labute approximate surface area is 129 Å². The van der Waals surface area contributed by atoms with E-state index in [-0.39, 0.29) is 39.6 Å². The number of hydrogen-bond acceptors (Lipinski definition) is 7. The van der Waals surface area contributed by atoms with Crippen molar-refractivity contribution < 1.29 is 28.6 Å². The molecule has 2 heterocycles. The highest BCUT2D eigenvalue weighted by atomic mass is 16.5. The van der Waals surface area contributed by atoms with Gasteiger partial charge in [-0.2, -0.15) is 0 Å². The van der Waals surface area contributed by atoms with Gasteiger partial charge in [-0.05, 0) is 19.1 Å². The third kappa shape index (κ3) is 2.32. The van der Waals surface area contributed by atoms with Crippen LogP contribution in [0.25, 0.3) is 22.3 Å². The van der Waals surface area contributed by atoms with Crippen molar-refractivity contribution >= 4 is 16.9 Å². The number of fused-ring (bicyclic) bond motifs is 1. The molecule has 0 aliphatic carbocycles. The van der Waals surface area contributed by atoms with Crippen LogP contribution in [-0.2, 0) is 4.74 Å². The molecule has 1 aromatic carbocycles. The van der Waals surface area contributed by atoms with Crippen molar-refractivity contribution in [1.82, 2.24) is 0 Å². The largest absolute Gasteiger partial charge is 0.508 e. The van der Waals surface area contributed by atoms with Crippen LogP contribution in [0.2, 0.25) is 0 Å². The molecule has 3 rings (SSSR count). The van der Waals surface area contributed by atoms with Crippen molar-refractivity contribution in [2.24, 2.45) is 0 Å². The number of aromatic hydroxyl groups is 2. The number of hydrogen-bond donors (Lipinski definition) is 2. The van der Waals surface area contributed by atoms with Gasteiger partial charge in [0.1, 0.15) is 39.6 Å². The van der Waals surface area contributed by atoms with Gasteiger partial charge >= 0.3 is 5.97 Å². The summed E-state index contributed by atoms with van der Waals surface area (Å²) in [6, 6.07) is 5.09. The van der Waals surface area contributed by atoms with Crippen LogP contribution < -0.4 is 5.43 Å². The van der Waals surface area contributed by atoms with E-state index in [9.17, 15) is 19.8 Å². The summed E-state index contributed by atoms with van der Waals surface area (Å²) in [6.45, 7) is 1.54. The SMILES string of the molecule is COC(=O)c1ccc(-c2c(C)oc3cc(O)cc(O)c3c2=O)o1. The number of phenolic OH excluding ortho intramolecular Hbond substituents is 2. The summed E-state index contributed by atoms with van der Waals surface area (Å²) in [4.78, 5) is 24.1. The van der Waals surface area contributed by atoms with Crippen molar-refractivity contribution in [3.8, 4) is 22.8 Å². The quantitative estimate of drug-likeness (QED) is 0.699. The first-order valence-corrected chi connectivity index (χ1v) is 6.60. The molecule has 2 aromatic heterocycles. The predicted molar refractivity (Wildman–Crippen MR) is 79.6 cm³/mol. The Bertz CT molecular complexity index is 978.